The van der Waals surface area contributed by atoms with Gasteiger partial charge in [-0.15, -0.1) is 11.8 Å². The van der Waals surface area contributed by atoms with Gasteiger partial charge in [-0.1, -0.05) is 42.0 Å². The number of aromatic nitrogens is 2. The number of thioether (sulfide) groups is 1. The summed E-state index contributed by atoms with van der Waals surface area (Å²) in [6.45, 7) is 1.80. The fraction of sp³-hybridized carbons (Fsp3) is 0.154. The Morgan fingerprint density at radius 3 is 2.03 bits per heavy atom. The zero-order valence-electron chi connectivity index (χ0n) is 18.5. The van der Waals surface area contributed by atoms with Crippen LogP contribution in [0, 0.1) is 6.92 Å². The van der Waals surface area contributed by atoms with Gasteiger partial charge in [0.2, 0.25) is 0 Å². The molecule has 0 aliphatic carbocycles. The van der Waals surface area contributed by atoms with Crippen LogP contribution in [0.4, 0.5) is 13.2 Å². The van der Waals surface area contributed by atoms with Crippen LogP contribution in [-0.2, 0) is 12.7 Å². The molecule has 4 aromatic rings. The predicted octanol–water partition coefficient (Wildman–Crippen LogP) is 5.76. The van der Waals surface area contributed by atoms with Crippen LogP contribution in [0.5, 0.6) is 0 Å². The summed E-state index contributed by atoms with van der Waals surface area (Å²) < 4.78 is 41.2. The van der Waals surface area contributed by atoms with Gasteiger partial charge in [0, 0.05) is 11.0 Å². The topological polar surface area (TPSA) is 44.0 Å². The Balaban J connectivity index is 1.86. The molecule has 3 aromatic carbocycles. The number of benzene rings is 3. The van der Waals surface area contributed by atoms with Gasteiger partial charge in [0.25, 0.3) is 5.56 Å². The van der Waals surface area contributed by atoms with Gasteiger partial charge >= 0.3 is 11.9 Å². The lowest BCUT2D eigenvalue weighted by molar-refractivity contribution is -0.137. The van der Waals surface area contributed by atoms with Gasteiger partial charge in [0.15, 0.2) is 0 Å². The molecule has 0 atom stereocenters. The van der Waals surface area contributed by atoms with Gasteiger partial charge in [-0.25, -0.2) is 4.79 Å². The number of alkyl halides is 3. The van der Waals surface area contributed by atoms with E-state index in [4.69, 9.17) is 0 Å². The summed E-state index contributed by atoms with van der Waals surface area (Å²) in [5.74, 6) is 0. The Morgan fingerprint density at radius 2 is 1.47 bits per heavy atom. The molecule has 0 aliphatic heterocycles. The number of aryl methyl sites for hydroxylation is 1. The summed E-state index contributed by atoms with van der Waals surface area (Å²) in [4.78, 5) is 27.6. The van der Waals surface area contributed by atoms with Crippen LogP contribution in [0.1, 0.15) is 16.7 Å². The maximum Gasteiger partial charge on any atom is 0.416 e. The number of rotatable bonds is 5. The molecule has 0 saturated heterocycles. The molecule has 0 radical (unpaired) electrons. The molecule has 0 spiro atoms. The van der Waals surface area contributed by atoms with Gasteiger partial charge in [0.1, 0.15) is 0 Å². The van der Waals surface area contributed by atoms with Crippen LogP contribution in [0.2, 0.25) is 0 Å². The maximum atomic E-state index is 13.6. The number of hydrogen-bond acceptors (Lipinski definition) is 3. The van der Waals surface area contributed by atoms with Crippen molar-refractivity contribution in [3.8, 4) is 16.9 Å². The lowest BCUT2D eigenvalue weighted by atomic mass is 10.1. The van der Waals surface area contributed by atoms with Crippen molar-refractivity contribution in [2.45, 2.75) is 24.5 Å². The van der Waals surface area contributed by atoms with Crippen LogP contribution in [0.25, 0.3) is 16.9 Å². The average molecular weight is 483 g/mol. The van der Waals surface area contributed by atoms with Crippen LogP contribution in [0.15, 0.2) is 93.3 Å². The van der Waals surface area contributed by atoms with Crippen molar-refractivity contribution >= 4 is 11.8 Å². The average Bonchev–Trinajstić information content (AvgIpc) is 2.82. The summed E-state index contributed by atoms with van der Waals surface area (Å²) in [5, 5.41) is 0. The third-order valence-corrected chi connectivity index (χ3v) is 6.23. The van der Waals surface area contributed by atoms with Gasteiger partial charge in [0.05, 0.1) is 23.5 Å². The molecule has 0 saturated carbocycles. The van der Waals surface area contributed by atoms with Crippen molar-refractivity contribution in [1.82, 2.24) is 9.13 Å². The van der Waals surface area contributed by atoms with E-state index in [0.29, 0.717) is 22.5 Å². The predicted molar refractivity (Wildman–Crippen MR) is 129 cm³/mol. The molecule has 1 heterocycles. The first kappa shape index (κ1) is 23.6. The van der Waals surface area contributed by atoms with Crippen LogP contribution >= 0.6 is 11.8 Å². The van der Waals surface area contributed by atoms with Crippen LogP contribution < -0.4 is 11.2 Å². The summed E-state index contributed by atoms with van der Waals surface area (Å²) in [5.41, 5.74) is 1.30. The molecule has 0 amide bonds. The van der Waals surface area contributed by atoms with E-state index >= 15 is 0 Å². The van der Waals surface area contributed by atoms with E-state index in [1.165, 1.54) is 22.8 Å². The van der Waals surface area contributed by atoms with E-state index in [1.807, 2.05) is 49.6 Å². The van der Waals surface area contributed by atoms with E-state index in [0.717, 1.165) is 27.2 Å². The van der Waals surface area contributed by atoms with Gasteiger partial charge in [-0.05, 0) is 60.7 Å². The zero-order valence-corrected chi connectivity index (χ0v) is 19.3. The molecule has 0 N–H and O–H groups in total. The highest BCUT2D eigenvalue weighted by Crippen LogP contribution is 2.29. The summed E-state index contributed by atoms with van der Waals surface area (Å²) >= 11 is 1.57. The molecule has 0 aliphatic rings. The first-order valence-corrected chi connectivity index (χ1v) is 11.6. The largest absolute Gasteiger partial charge is 0.416 e. The summed E-state index contributed by atoms with van der Waals surface area (Å²) in [7, 11) is 0. The Hall–Kier alpha value is -3.52. The van der Waals surface area contributed by atoms with E-state index in [-0.39, 0.29) is 6.54 Å². The summed E-state index contributed by atoms with van der Waals surface area (Å²) in [6, 6.07) is 20.7. The Labute approximate surface area is 198 Å². The Kier molecular flexibility index (Phi) is 6.52. The standard InChI is InChI=1S/C26H21F3N2O2S/c1-17-3-7-19(8-4-17)23-15-24(32)30(16-18-5-9-20(10-6-18)26(27,28)29)25(33)31(23)21-11-13-22(34-2)14-12-21/h3-15H,16H2,1-2H3. The minimum atomic E-state index is -4.46. The second-order valence-corrected chi connectivity index (χ2v) is 8.71. The van der Waals surface area contributed by atoms with E-state index in [9.17, 15) is 22.8 Å². The van der Waals surface area contributed by atoms with Crippen LogP contribution in [0.3, 0.4) is 0 Å². The molecule has 0 unspecified atom stereocenters. The lowest BCUT2D eigenvalue weighted by Gasteiger charge is -2.16. The molecule has 0 bridgehead atoms. The number of halogens is 3. The molecule has 1 aromatic heterocycles. The van der Waals surface area contributed by atoms with Crippen molar-refractivity contribution in [2.24, 2.45) is 0 Å². The number of nitrogens with zero attached hydrogens (tertiary/aromatic N) is 2. The smallest absolute Gasteiger partial charge is 0.269 e. The van der Waals surface area contributed by atoms with Gasteiger partial charge in [-0.3, -0.25) is 13.9 Å². The third-order valence-electron chi connectivity index (χ3n) is 5.49. The van der Waals surface area contributed by atoms with Crippen molar-refractivity contribution in [2.75, 3.05) is 6.26 Å². The van der Waals surface area contributed by atoms with Gasteiger partial charge in [-0.2, -0.15) is 13.2 Å². The Morgan fingerprint density at radius 1 is 0.853 bits per heavy atom. The highest BCUT2D eigenvalue weighted by atomic mass is 32.2. The molecule has 174 valence electrons. The quantitative estimate of drug-likeness (QED) is 0.340. The van der Waals surface area contributed by atoms with E-state index < -0.39 is 23.0 Å². The minimum absolute atomic E-state index is 0.146. The fourth-order valence-electron chi connectivity index (χ4n) is 3.62. The van der Waals surface area contributed by atoms with Crippen molar-refractivity contribution in [1.29, 1.82) is 0 Å². The fourth-order valence-corrected chi connectivity index (χ4v) is 4.03. The second-order valence-electron chi connectivity index (χ2n) is 7.83. The molecule has 34 heavy (non-hydrogen) atoms. The van der Waals surface area contributed by atoms with Gasteiger partial charge < -0.3 is 0 Å². The lowest BCUT2D eigenvalue weighted by Crippen LogP contribution is -2.39. The zero-order chi connectivity index (χ0) is 24.5. The Bertz CT molecular complexity index is 1420. The highest BCUT2D eigenvalue weighted by Gasteiger charge is 2.30. The van der Waals surface area contributed by atoms with Crippen LogP contribution in [-0.4, -0.2) is 15.4 Å². The molecular weight excluding hydrogens is 461 g/mol. The highest BCUT2D eigenvalue weighted by molar-refractivity contribution is 7.98. The minimum Gasteiger partial charge on any atom is -0.269 e. The SMILES string of the molecule is CSc1ccc(-n2c(-c3ccc(C)cc3)cc(=O)n(Cc3ccc(C(F)(F)F)cc3)c2=O)cc1. The maximum absolute atomic E-state index is 13.6. The summed E-state index contributed by atoms with van der Waals surface area (Å²) in [6.07, 6.45) is -2.51. The van der Waals surface area contributed by atoms with E-state index in [2.05, 4.69) is 0 Å². The molecule has 4 rings (SSSR count). The van der Waals surface area contributed by atoms with Crippen molar-refractivity contribution in [3.05, 3.63) is 116 Å². The normalized spacial score (nSPS) is 11.6. The third kappa shape index (κ3) is 4.87. The molecule has 0 fully saturated rings. The first-order valence-electron chi connectivity index (χ1n) is 10.4. The number of hydrogen-bond donors (Lipinski definition) is 0. The monoisotopic (exact) mass is 482 g/mol. The van der Waals surface area contributed by atoms with Crippen molar-refractivity contribution in [3.63, 3.8) is 0 Å². The van der Waals surface area contributed by atoms with Crippen molar-refractivity contribution < 1.29 is 13.2 Å². The van der Waals surface area contributed by atoms with E-state index in [1.54, 1.807) is 23.9 Å². The first-order chi connectivity index (χ1) is 16.2. The molecule has 4 nitrogen and oxygen atoms in total. The molecule has 8 heteroatoms. The molecular formula is C26H21F3N2O2S. The second kappa shape index (κ2) is 9.38.